The maximum absolute atomic E-state index is 12.9. The van der Waals surface area contributed by atoms with Gasteiger partial charge in [-0.3, -0.25) is 9.78 Å². The molecule has 2 aromatic heterocycles. The summed E-state index contributed by atoms with van der Waals surface area (Å²) in [5, 5.41) is 2.79. The number of aryl methyl sites for hydroxylation is 1. The molecule has 8 nitrogen and oxygen atoms in total. The molecule has 168 valence electrons. The third-order valence-corrected chi connectivity index (χ3v) is 6.18. The minimum atomic E-state index is -3.83. The number of amides is 1. The molecule has 2 aromatic carbocycles. The quantitative estimate of drug-likeness (QED) is 0.398. The van der Waals surface area contributed by atoms with Crippen molar-refractivity contribution in [3.63, 3.8) is 0 Å². The van der Waals surface area contributed by atoms with Crippen molar-refractivity contribution in [1.29, 1.82) is 0 Å². The predicted octanol–water partition coefficient (Wildman–Crippen LogP) is 4.51. The standard InChI is InChI=1S/C24H21N3O5S/c1-17-4-9-22(33(29,30)26-16-21-3-2-14-31-21)15-23(17)24(28)27-18-5-7-19(8-6-18)32-20-10-12-25-13-11-20/h2-15,26H,16H2,1H3,(H,27,28). The highest BCUT2D eigenvalue weighted by Crippen LogP contribution is 2.23. The average Bonchev–Trinajstić information content (AvgIpc) is 3.34. The van der Waals surface area contributed by atoms with Crippen LogP contribution in [0.1, 0.15) is 21.7 Å². The average molecular weight is 464 g/mol. The van der Waals surface area contributed by atoms with Gasteiger partial charge in [0.1, 0.15) is 17.3 Å². The van der Waals surface area contributed by atoms with Gasteiger partial charge in [0.05, 0.1) is 17.7 Å². The second kappa shape index (κ2) is 9.68. The van der Waals surface area contributed by atoms with E-state index in [0.29, 0.717) is 28.5 Å². The number of sulfonamides is 1. The molecule has 0 spiro atoms. The van der Waals surface area contributed by atoms with Gasteiger partial charge in [-0.2, -0.15) is 0 Å². The fourth-order valence-corrected chi connectivity index (χ4v) is 4.04. The number of anilines is 1. The van der Waals surface area contributed by atoms with E-state index >= 15 is 0 Å². The lowest BCUT2D eigenvalue weighted by atomic mass is 10.1. The lowest BCUT2D eigenvalue weighted by Gasteiger charge is -2.11. The number of benzene rings is 2. The van der Waals surface area contributed by atoms with E-state index in [9.17, 15) is 13.2 Å². The number of furan rings is 1. The molecule has 0 aliphatic rings. The highest BCUT2D eigenvalue weighted by atomic mass is 32.2. The minimum absolute atomic E-state index is 0.00842. The van der Waals surface area contributed by atoms with Crippen molar-refractivity contribution in [2.75, 3.05) is 5.32 Å². The van der Waals surface area contributed by atoms with Crippen molar-refractivity contribution < 1.29 is 22.4 Å². The van der Waals surface area contributed by atoms with E-state index in [4.69, 9.17) is 9.15 Å². The molecule has 1 amide bonds. The number of hydrogen-bond acceptors (Lipinski definition) is 6. The third kappa shape index (κ3) is 5.65. The van der Waals surface area contributed by atoms with Crippen LogP contribution in [-0.2, 0) is 16.6 Å². The summed E-state index contributed by atoms with van der Waals surface area (Å²) in [6, 6.07) is 18.1. The summed E-state index contributed by atoms with van der Waals surface area (Å²) < 4.78 is 38.6. The third-order valence-electron chi connectivity index (χ3n) is 4.78. The van der Waals surface area contributed by atoms with Gasteiger partial charge in [-0.25, -0.2) is 13.1 Å². The van der Waals surface area contributed by atoms with Crippen molar-refractivity contribution in [2.45, 2.75) is 18.4 Å². The van der Waals surface area contributed by atoms with Crippen LogP contribution < -0.4 is 14.8 Å². The highest BCUT2D eigenvalue weighted by Gasteiger charge is 2.18. The second-order valence-corrected chi connectivity index (χ2v) is 8.91. The van der Waals surface area contributed by atoms with E-state index in [1.807, 2.05) is 0 Å². The first-order chi connectivity index (χ1) is 15.9. The smallest absolute Gasteiger partial charge is 0.255 e. The van der Waals surface area contributed by atoms with Crippen LogP contribution in [0, 0.1) is 6.92 Å². The molecule has 9 heteroatoms. The first-order valence-corrected chi connectivity index (χ1v) is 11.5. The molecule has 0 fully saturated rings. The fourth-order valence-electron chi connectivity index (χ4n) is 3.02. The molecule has 0 aliphatic heterocycles. The minimum Gasteiger partial charge on any atom is -0.468 e. The van der Waals surface area contributed by atoms with E-state index < -0.39 is 15.9 Å². The molecule has 0 bridgehead atoms. The Labute approximate surface area is 191 Å². The SMILES string of the molecule is Cc1ccc(S(=O)(=O)NCc2ccco2)cc1C(=O)Nc1ccc(Oc2ccncc2)cc1. The number of carbonyl (C=O) groups excluding carboxylic acids is 1. The van der Waals surface area contributed by atoms with E-state index in [-0.39, 0.29) is 17.0 Å². The zero-order valence-electron chi connectivity index (χ0n) is 17.7. The molecule has 0 saturated carbocycles. The Balaban J connectivity index is 1.45. The van der Waals surface area contributed by atoms with Gasteiger partial charge in [-0.1, -0.05) is 6.07 Å². The van der Waals surface area contributed by atoms with Gasteiger partial charge < -0.3 is 14.5 Å². The fraction of sp³-hybridized carbons (Fsp3) is 0.0833. The van der Waals surface area contributed by atoms with Crippen LogP contribution in [0.4, 0.5) is 5.69 Å². The number of hydrogen-bond donors (Lipinski definition) is 2. The van der Waals surface area contributed by atoms with Crippen LogP contribution in [-0.4, -0.2) is 19.3 Å². The normalized spacial score (nSPS) is 11.2. The summed E-state index contributed by atoms with van der Waals surface area (Å²) in [5.74, 6) is 1.32. The number of pyridine rings is 1. The van der Waals surface area contributed by atoms with Gasteiger partial charge in [-0.05, 0) is 73.2 Å². The van der Waals surface area contributed by atoms with Crippen LogP contribution in [0.2, 0.25) is 0 Å². The van der Waals surface area contributed by atoms with Crippen molar-refractivity contribution in [2.24, 2.45) is 0 Å². The summed E-state index contributed by atoms with van der Waals surface area (Å²) in [6.45, 7) is 1.76. The van der Waals surface area contributed by atoms with Crippen molar-refractivity contribution in [1.82, 2.24) is 9.71 Å². The molecule has 0 atom stereocenters. The molecule has 0 unspecified atom stereocenters. The Kier molecular flexibility index (Phi) is 6.53. The van der Waals surface area contributed by atoms with E-state index in [1.54, 1.807) is 73.9 Å². The summed E-state index contributed by atoms with van der Waals surface area (Å²) >= 11 is 0. The Bertz CT molecular complexity index is 1340. The Morgan fingerprint density at radius 2 is 1.73 bits per heavy atom. The molecule has 0 radical (unpaired) electrons. The number of carbonyl (C=O) groups is 1. The zero-order valence-corrected chi connectivity index (χ0v) is 18.5. The zero-order chi connectivity index (χ0) is 23.3. The number of rotatable bonds is 8. The lowest BCUT2D eigenvalue weighted by Crippen LogP contribution is -2.24. The number of nitrogens with one attached hydrogen (secondary N) is 2. The molecule has 0 aliphatic carbocycles. The molecule has 33 heavy (non-hydrogen) atoms. The molecular weight excluding hydrogens is 442 g/mol. The monoisotopic (exact) mass is 463 g/mol. The van der Waals surface area contributed by atoms with Crippen LogP contribution >= 0.6 is 0 Å². The van der Waals surface area contributed by atoms with Gasteiger partial charge in [0.15, 0.2) is 0 Å². The number of nitrogens with zero attached hydrogens (tertiary/aromatic N) is 1. The Morgan fingerprint density at radius 3 is 2.42 bits per heavy atom. The number of ether oxygens (including phenoxy) is 1. The molecule has 2 N–H and O–H groups in total. The lowest BCUT2D eigenvalue weighted by molar-refractivity contribution is 0.102. The van der Waals surface area contributed by atoms with E-state index in [1.165, 1.54) is 18.4 Å². The molecular formula is C24H21N3O5S. The van der Waals surface area contributed by atoms with Crippen molar-refractivity contribution in [3.8, 4) is 11.5 Å². The van der Waals surface area contributed by atoms with Crippen molar-refractivity contribution >= 4 is 21.6 Å². The van der Waals surface area contributed by atoms with E-state index in [2.05, 4.69) is 15.0 Å². The number of aromatic nitrogens is 1. The second-order valence-electron chi connectivity index (χ2n) is 7.14. The summed E-state index contributed by atoms with van der Waals surface area (Å²) in [6.07, 6.45) is 4.73. The van der Waals surface area contributed by atoms with Gasteiger partial charge in [0.2, 0.25) is 10.0 Å². The van der Waals surface area contributed by atoms with Crippen molar-refractivity contribution in [3.05, 3.63) is 102 Å². The first kappa shape index (κ1) is 22.3. The maximum Gasteiger partial charge on any atom is 0.255 e. The van der Waals surface area contributed by atoms with Gasteiger partial charge >= 0.3 is 0 Å². The molecule has 4 aromatic rings. The summed E-state index contributed by atoms with van der Waals surface area (Å²) in [7, 11) is -3.83. The van der Waals surface area contributed by atoms with Crippen LogP contribution in [0.3, 0.4) is 0 Å². The topological polar surface area (TPSA) is 111 Å². The predicted molar refractivity (Wildman–Crippen MR) is 123 cm³/mol. The van der Waals surface area contributed by atoms with E-state index in [0.717, 1.165) is 0 Å². The summed E-state index contributed by atoms with van der Waals surface area (Å²) in [5.41, 5.74) is 1.45. The molecule has 0 saturated heterocycles. The van der Waals surface area contributed by atoms with Crippen LogP contribution in [0.15, 0.2) is 94.7 Å². The molecule has 4 rings (SSSR count). The van der Waals surface area contributed by atoms with Gasteiger partial charge in [-0.15, -0.1) is 0 Å². The van der Waals surface area contributed by atoms with Crippen LogP contribution in [0.25, 0.3) is 0 Å². The molecule has 2 heterocycles. The Morgan fingerprint density at radius 1 is 1.00 bits per heavy atom. The highest BCUT2D eigenvalue weighted by molar-refractivity contribution is 7.89. The maximum atomic E-state index is 12.9. The summed E-state index contributed by atoms with van der Waals surface area (Å²) in [4.78, 5) is 16.8. The Hall–Kier alpha value is -3.95. The van der Waals surface area contributed by atoms with Gasteiger partial charge in [0, 0.05) is 23.6 Å². The first-order valence-electron chi connectivity index (χ1n) is 10.0. The van der Waals surface area contributed by atoms with Crippen LogP contribution in [0.5, 0.6) is 11.5 Å². The van der Waals surface area contributed by atoms with Gasteiger partial charge in [0.25, 0.3) is 5.91 Å². The largest absolute Gasteiger partial charge is 0.468 e.